The average Bonchev–Trinajstić information content (AvgIpc) is 3.02. The highest BCUT2D eigenvalue weighted by molar-refractivity contribution is 6.46. The van der Waals surface area contributed by atoms with Crippen molar-refractivity contribution in [2.45, 2.75) is 72.6 Å². The SMILES string of the molecule is CCCCN1C(=O)C(=O)/C(=C(/O)c2ccc(OC(C)C)c(C)c2)C1c1cccc(OC(C)C)c1. The van der Waals surface area contributed by atoms with Crippen LogP contribution in [0.1, 0.15) is 70.2 Å². The van der Waals surface area contributed by atoms with E-state index in [9.17, 15) is 14.7 Å². The molecule has 1 aliphatic rings. The number of ketones is 1. The Morgan fingerprint density at radius 2 is 1.74 bits per heavy atom. The van der Waals surface area contributed by atoms with E-state index in [0.717, 1.165) is 24.0 Å². The van der Waals surface area contributed by atoms with Crippen LogP contribution in [0.5, 0.6) is 11.5 Å². The summed E-state index contributed by atoms with van der Waals surface area (Å²) in [5.74, 6) is -0.0815. The third-order valence-electron chi connectivity index (χ3n) is 5.65. The number of benzene rings is 2. The molecular weight excluding hydrogens is 430 g/mol. The molecule has 1 saturated heterocycles. The number of carbonyl (C=O) groups excluding carboxylic acids is 2. The van der Waals surface area contributed by atoms with Crippen molar-refractivity contribution in [3.8, 4) is 11.5 Å². The molecule has 0 aromatic heterocycles. The van der Waals surface area contributed by atoms with Crippen LogP contribution in [0.25, 0.3) is 5.76 Å². The number of Topliss-reactive ketones (excluding diaryl/α,β-unsaturated/α-hetero) is 1. The zero-order valence-electron chi connectivity index (χ0n) is 20.9. The zero-order chi connectivity index (χ0) is 25.0. The van der Waals surface area contributed by atoms with Crippen LogP contribution in [0.2, 0.25) is 0 Å². The Bertz CT molecular complexity index is 1090. The molecule has 1 heterocycles. The van der Waals surface area contributed by atoms with E-state index in [1.165, 1.54) is 0 Å². The molecule has 1 fully saturated rings. The summed E-state index contributed by atoms with van der Waals surface area (Å²) >= 11 is 0. The minimum atomic E-state index is -0.686. The number of unbranched alkanes of at least 4 members (excludes halogenated alkanes) is 1. The van der Waals surface area contributed by atoms with Crippen LogP contribution in [0.4, 0.5) is 0 Å². The van der Waals surface area contributed by atoms with Crippen molar-refractivity contribution in [1.29, 1.82) is 0 Å². The summed E-state index contributed by atoms with van der Waals surface area (Å²) in [5.41, 5.74) is 2.13. The fraction of sp³-hybridized carbons (Fsp3) is 0.429. The molecule has 3 rings (SSSR count). The maximum absolute atomic E-state index is 13.2. The molecule has 1 atom stereocenters. The van der Waals surface area contributed by atoms with Crippen molar-refractivity contribution in [3.63, 3.8) is 0 Å². The smallest absolute Gasteiger partial charge is 0.295 e. The lowest BCUT2D eigenvalue weighted by atomic mass is 9.94. The van der Waals surface area contributed by atoms with Crippen molar-refractivity contribution < 1.29 is 24.2 Å². The molecule has 0 spiro atoms. The van der Waals surface area contributed by atoms with E-state index >= 15 is 0 Å². The van der Waals surface area contributed by atoms with Gasteiger partial charge in [0.05, 0.1) is 23.8 Å². The second-order valence-electron chi connectivity index (χ2n) is 9.23. The second kappa shape index (κ2) is 10.8. The molecule has 6 nitrogen and oxygen atoms in total. The molecule has 1 amide bonds. The van der Waals surface area contributed by atoms with Crippen molar-refractivity contribution in [3.05, 3.63) is 64.7 Å². The van der Waals surface area contributed by atoms with Gasteiger partial charge in [-0.25, -0.2) is 0 Å². The molecule has 0 saturated carbocycles. The Labute approximate surface area is 202 Å². The van der Waals surface area contributed by atoms with Gasteiger partial charge in [0.1, 0.15) is 17.3 Å². The van der Waals surface area contributed by atoms with Gasteiger partial charge in [0.2, 0.25) is 0 Å². The third-order valence-corrected chi connectivity index (χ3v) is 5.65. The van der Waals surface area contributed by atoms with Crippen LogP contribution in [-0.2, 0) is 9.59 Å². The molecule has 0 aliphatic carbocycles. The Kier molecular flexibility index (Phi) is 8.02. The normalized spacial score (nSPS) is 17.6. The highest BCUT2D eigenvalue weighted by Crippen LogP contribution is 2.41. The Balaban J connectivity index is 2.12. The van der Waals surface area contributed by atoms with Gasteiger partial charge in [-0.3, -0.25) is 9.59 Å². The lowest BCUT2D eigenvalue weighted by Gasteiger charge is -2.26. The molecule has 0 radical (unpaired) electrons. The first-order chi connectivity index (χ1) is 16.1. The molecule has 2 aromatic carbocycles. The van der Waals surface area contributed by atoms with Crippen LogP contribution < -0.4 is 9.47 Å². The molecule has 1 N–H and O–H groups in total. The van der Waals surface area contributed by atoms with Crippen LogP contribution in [0.3, 0.4) is 0 Å². The summed E-state index contributed by atoms with van der Waals surface area (Å²) in [4.78, 5) is 27.8. The number of amides is 1. The van der Waals surface area contributed by atoms with Crippen molar-refractivity contribution in [2.24, 2.45) is 0 Å². The molecular formula is C28H35NO5. The fourth-order valence-corrected chi connectivity index (χ4v) is 4.15. The number of likely N-dealkylation sites (tertiary alicyclic amines) is 1. The van der Waals surface area contributed by atoms with E-state index in [2.05, 4.69) is 0 Å². The van der Waals surface area contributed by atoms with Crippen molar-refractivity contribution in [1.82, 2.24) is 4.90 Å². The van der Waals surface area contributed by atoms with Gasteiger partial charge in [0.25, 0.3) is 11.7 Å². The highest BCUT2D eigenvalue weighted by Gasteiger charge is 2.45. The van der Waals surface area contributed by atoms with E-state index in [-0.39, 0.29) is 23.5 Å². The van der Waals surface area contributed by atoms with E-state index in [1.54, 1.807) is 23.1 Å². The number of aliphatic hydroxyl groups excluding tert-OH is 1. The number of hydrogen-bond donors (Lipinski definition) is 1. The highest BCUT2D eigenvalue weighted by atomic mass is 16.5. The third kappa shape index (κ3) is 5.44. The summed E-state index contributed by atoms with van der Waals surface area (Å²) in [5, 5.41) is 11.3. The summed E-state index contributed by atoms with van der Waals surface area (Å²) < 4.78 is 11.6. The number of hydrogen-bond acceptors (Lipinski definition) is 5. The van der Waals surface area contributed by atoms with Crippen LogP contribution in [-0.4, -0.2) is 40.4 Å². The van der Waals surface area contributed by atoms with Gasteiger partial charge in [-0.05, 0) is 82.5 Å². The van der Waals surface area contributed by atoms with Gasteiger partial charge < -0.3 is 19.5 Å². The average molecular weight is 466 g/mol. The van der Waals surface area contributed by atoms with Gasteiger partial charge in [-0.2, -0.15) is 0 Å². The number of carbonyl (C=O) groups is 2. The summed E-state index contributed by atoms with van der Waals surface area (Å²) in [6.07, 6.45) is 1.63. The summed E-state index contributed by atoms with van der Waals surface area (Å²) in [6.45, 7) is 12.1. The van der Waals surface area contributed by atoms with Crippen LogP contribution in [0, 0.1) is 6.92 Å². The minimum Gasteiger partial charge on any atom is -0.507 e. The predicted molar refractivity (Wildman–Crippen MR) is 133 cm³/mol. The van der Waals surface area contributed by atoms with Gasteiger partial charge in [-0.15, -0.1) is 0 Å². The summed E-state index contributed by atoms with van der Waals surface area (Å²) in [6, 6.07) is 12.0. The second-order valence-corrected chi connectivity index (χ2v) is 9.23. The number of ether oxygens (including phenoxy) is 2. The monoisotopic (exact) mass is 465 g/mol. The number of nitrogens with zero attached hydrogens (tertiary/aromatic N) is 1. The van der Waals surface area contributed by atoms with E-state index in [1.807, 2.05) is 65.8 Å². The van der Waals surface area contributed by atoms with Gasteiger partial charge in [-0.1, -0.05) is 25.5 Å². The van der Waals surface area contributed by atoms with Crippen molar-refractivity contribution >= 4 is 17.4 Å². The van der Waals surface area contributed by atoms with E-state index in [4.69, 9.17) is 9.47 Å². The van der Waals surface area contributed by atoms with Crippen LogP contribution in [0.15, 0.2) is 48.0 Å². The molecule has 1 aliphatic heterocycles. The lowest BCUT2D eigenvalue weighted by molar-refractivity contribution is -0.139. The zero-order valence-corrected chi connectivity index (χ0v) is 20.9. The Morgan fingerprint density at radius 1 is 1.03 bits per heavy atom. The molecule has 2 aromatic rings. The number of aryl methyl sites for hydroxylation is 1. The maximum Gasteiger partial charge on any atom is 0.295 e. The van der Waals surface area contributed by atoms with E-state index < -0.39 is 17.7 Å². The molecule has 6 heteroatoms. The van der Waals surface area contributed by atoms with Crippen molar-refractivity contribution in [2.75, 3.05) is 6.54 Å². The number of rotatable bonds is 9. The first-order valence-electron chi connectivity index (χ1n) is 12.0. The first-order valence-corrected chi connectivity index (χ1v) is 12.0. The van der Waals surface area contributed by atoms with Gasteiger partial charge in [0, 0.05) is 12.1 Å². The van der Waals surface area contributed by atoms with E-state index in [0.29, 0.717) is 23.6 Å². The number of aliphatic hydroxyl groups is 1. The van der Waals surface area contributed by atoms with Crippen LogP contribution >= 0.6 is 0 Å². The summed E-state index contributed by atoms with van der Waals surface area (Å²) in [7, 11) is 0. The maximum atomic E-state index is 13.2. The minimum absolute atomic E-state index is 0.0161. The topological polar surface area (TPSA) is 76.1 Å². The Hall–Kier alpha value is -3.28. The lowest BCUT2D eigenvalue weighted by Crippen LogP contribution is -2.30. The molecule has 1 unspecified atom stereocenters. The van der Waals surface area contributed by atoms with Gasteiger partial charge >= 0.3 is 0 Å². The Morgan fingerprint density at radius 3 is 2.35 bits per heavy atom. The molecule has 182 valence electrons. The molecule has 34 heavy (non-hydrogen) atoms. The molecule has 0 bridgehead atoms. The van der Waals surface area contributed by atoms with Gasteiger partial charge in [0.15, 0.2) is 0 Å². The first kappa shape index (κ1) is 25.3. The predicted octanol–water partition coefficient (Wildman–Crippen LogP) is 5.79. The quantitative estimate of drug-likeness (QED) is 0.288. The largest absolute Gasteiger partial charge is 0.507 e. The fourth-order valence-electron chi connectivity index (χ4n) is 4.15. The standard InChI is InChI=1S/C28H35NO5/c1-7-8-14-29-25(20-10-9-11-22(16-20)33-17(2)3)24(27(31)28(29)32)26(30)21-12-13-23(19(6)15-21)34-18(4)5/h9-13,15-18,25,30H,7-8,14H2,1-6H3/b26-24+.